The first-order valence-corrected chi connectivity index (χ1v) is 10.1. The molecule has 1 aliphatic carbocycles. The van der Waals surface area contributed by atoms with Crippen LogP contribution >= 0.6 is 0 Å². The molecule has 1 aliphatic rings. The van der Waals surface area contributed by atoms with Gasteiger partial charge >= 0.3 is 0 Å². The minimum atomic E-state index is -2.61. The lowest BCUT2D eigenvalue weighted by Crippen LogP contribution is -2.37. The topological polar surface area (TPSA) is 109 Å². The molecule has 2 N–H and O–H groups in total. The van der Waals surface area contributed by atoms with E-state index >= 15 is 0 Å². The van der Waals surface area contributed by atoms with Crippen LogP contribution in [0.3, 0.4) is 0 Å². The Labute approximate surface area is 183 Å². The van der Waals surface area contributed by atoms with E-state index in [4.69, 9.17) is 5.26 Å². The number of amides is 1. The largest absolute Gasteiger partial charge is 0.337 e. The third-order valence-corrected chi connectivity index (χ3v) is 5.23. The molecule has 1 fully saturated rings. The monoisotopic (exact) mass is 437 g/mol. The molecule has 0 spiro atoms. The summed E-state index contributed by atoms with van der Waals surface area (Å²) >= 11 is 0. The molecule has 4 rings (SSSR count). The number of nitrogens with one attached hydrogen (secondary N) is 2. The molecule has 1 atom stereocenters. The average molecular weight is 437 g/mol. The highest BCUT2D eigenvalue weighted by molar-refractivity contribution is 5.95. The summed E-state index contributed by atoms with van der Waals surface area (Å²) in [7, 11) is 0. The number of alkyl halides is 2. The first-order chi connectivity index (χ1) is 15.2. The van der Waals surface area contributed by atoms with Crippen LogP contribution in [0, 0.1) is 18.3 Å². The number of carbonyl (C=O) groups is 1. The van der Waals surface area contributed by atoms with Crippen molar-refractivity contribution < 1.29 is 13.6 Å². The normalized spacial score (nSPS) is 16.0. The van der Waals surface area contributed by atoms with Crippen molar-refractivity contribution in [1.29, 1.82) is 5.26 Å². The summed E-state index contributed by atoms with van der Waals surface area (Å²) in [6.07, 6.45) is 4.48. The van der Waals surface area contributed by atoms with Gasteiger partial charge < -0.3 is 10.6 Å². The molecule has 32 heavy (non-hydrogen) atoms. The van der Waals surface area contributed by atoms with Crippen molar-refractivity contribution >= 4 is 17.5 Å². The van der Waals surface area contributed by atoms with Gasteiger partial charge in [-0.15, -0.1) is 0 Å². The van der Waals surface area contributed by atoms with Crippen molar-refractivity contribution in [1.82, 2.24) is 25.1 Å². The van der Waals surface area contributed by atoms with Crippen molar-refractivity contribution in [3.05, 3.63) is 54.0 Å². The molecule has 1 aromatic carbocycles. The number of aryl methyl sites for hydroxylation is 1. The van der Waals surface area contributed by atoms with Gasteiger partial charge in [0.15, 0.2) is 0 Å². The van der Waals surface area contributed by atoms with Crippen molar-refractivity contribution in [2.75, 3.05) is 5.32 Å². The van der Waals surface area contributed by atoms with E-state index in [1.165, 1.54) is 4.68 Å². The Bertz CT molecular complexity index is 1180. The van der Waals surface area contributed by atoms with Crippen molar-refractivity contribution in [3.63, 3.8) is 0 Å². The van der Waals surface area contributed by atoms with Gasteiger partial charge in [-0.25, -0.2) is 18.7 Å². The number of hydrogen-bond donors (Lipinski definition) is 2. The number of nitriles is 1. The minimum Gasteiger partial charge on any atom is -0.337 e. The number of hydrogen-bond acceptors (Lipinski definition) is 6. The van der Waals surface area contributed by atoms with E-state index in [1.807, 2.05) is 13.0 Å². The smallest absolute Gasteiger partial charge is 0.252 e. The molecule has 3 aromatic rings. The lowest BCUT2D eigenvalue weighted by atomic mass is 9.88. The summed E-state index contributed by atoms with van der Waals surface area (Å²) in [6, 6.07) is 7.97. The molecule has 0 saturated heterocycles. The molecule has 10 heteroatoms. The maximum Gasteiger partial charge on any atom is 0.252 e. The molecule has 1 saturated carbocycles. The molecule has 0 bridgehead atoms. The quantitative estimate of drug-likeness (QED) is 0.603. The van der Waals surface area contributed by atoms with E-state index in [-0.39, 0.29) is 24.8 Å². The predicted octanol–water partition coefficient (Wildman–Crippen LogP) is 4.00. The molecule has 1 amide bonds. The summed E-state index contributed by atoms with van der Waals surface area (Å²) < 4.78 is 27.7. The highest BCUT2D eigenvalue weighted by Crippen LogP contribution is 2.45. The van der Waals surface area contributed by atoms with Crippen LogP contribution in [-0.4, -0.2) is 37.6 Å². The maximum absolute atomic E-state index is 13.1. The van der Waals surface area contributed by atoms with Crippen LogP contribution < -0.4 is 10.6 Å². The summed E-state index contributed by atoms with van der Waals surface area (Å²) in [5, 5.41) is 18.6. The number of benzene rings is 1. The van der Waals surface area contributed by atoms with Crippen molar-refractivity contribution in [2.45, 2.75) is 44.7 Å². The highest BCUT2D eigenvalue weighted by Gasteiger charge is 2.46. The summed E-state index contributed by atoms with van der Waals surface area (Å²) in [6.45, 7) is 3.49. The first kappa shape index (κ1) is 21.4. The Morgan fingerprint density at radius 3 is 2.66 bits per heavy atom. The zero-order valence-electron chi connectivity index (χ0n) is 17.5. The van der Waals surface area contributed by atoms with Gasteiger partial charge in [-0.05, 0) is 31.5 Å². The van der Waals surface area contributed by atoms with E-state index < -0.39 is 12.0 Å². The Morgan fingerprint density at radius 1 is 1.28 bits per heavy atom. The Hall–Kier alpha value is -3.87. The molecule has 0 unspecified atom stereocenters. The summed E-state index contributed by atoms with van der Waals surface area (Å²) in [5.41, 5.74) is 3.37. The third kappa shape index (κ3) is 4.56. The first-order valence-electron chi connectivity index (χ1n) is 10.1. The van der Waals surface area contributed by atoms with Gasteiger partial charge in [0.05, 0.1) is 29.7 Å². The fourth-order valence-electron chi connectivity index (χ4n) is 3.43. The Balaban J connectivity index is 1.48. The molecule has 0 aliphatic heterocycles. The van der Waals surface area contributed by atoms with Crippen LogP contribution in [0.2, 0.25) is 0 Å². The van der Waals surface area contributed by atoms with Gasteiger partial charge in [-0.3, -0.25) is 9.48 Å². The summed E-state index contributed by atoms with van der Waals surface area (Å²) in [5.74, 6) is -2.59. The lowest BCUT2D eigenvalue weighted by molar-refractivity contribution is -0.106. The second-order valence-corrected chi connectivity index (χ2v) is 7.88. The number of halogens is 2. The second kappa shape index (κ2) is 8.34. The number of nitrogens with zero attached hydrogens (tertiary/aromatic N) is 5. The molecule has 2 heterocycles. The fourth-order valence-corrected chi connectivity index (χ4v) is 3.43. The minimum absolute atomic E-state index is 0.206. The van der Waals surface area contributed by atoms with E-state index in [9.17, 15) is 13.6 Å². The van der Waals surface area contributed by atoms with Gasteiger partial charge in [-0.1, -0.05) is 12.1 Å². The van der Waals surface area contributed by atoms with Crippen LogP contribution in [0.5, 0.6) is 0 Å². The van der Waals surface area contributed by atoms with Crippen molar-refractivity contribution in [3.8, 4) is 17.3 Å². The van der Waals surface area contributed by atoms with Crippen LogP contribution in [-0.2, 0) is 0 Å². The molecule has 2 aromatic heterocycles. The molecule has 0 radical (unpaired) electrons. The second-order valence-electron chi connectivity index (χ2n) is 7.88. The zero-order chi connectivity index (χ0) is 22.9. The van der Waals surface area contributed by atoms with Crippen LogP contribution in [0.25, 0.3) is 11.3 Å². The third-order valence-electron chi connectivity index (χ3n) is 5.23. The lowest BCUT2D eigenvalue weighted by Gasteiger charge is -2.34. The molecule has 8 nitrogen and oxygen atoms in total. The van der Waals surface area contributed by atoms with Crippen molar-refractivity contribution in [2.24, 2.45) is 0 Å². The molecular weight excluding hydrogens is 416 g/mol. The molecule has 164 valence electrons. The van der Waals surface area contributed by atoms with Gasteiger partial charge in [0.1, 0.15) is 6.04 Å². The van der Waals surface area contributed by atoms with E-state index in [0.717, 1.165) is 11.1 Å². The highest BCUT2D eigenvalue weighted by atomic mass is 19.3. The predicted molar refractivity (Wildman–Crippen MR) is 113 cm³/mol. The SMILES string of the molecule is Cc1cnc(Nc2cnn(C3CC(F)(F)C3)c2)nc1-c1ccc(C(=O)N[C@@H](C)C#N)cc1. The number of aromatic nitrogens is 4. The van der Waals surface area contributed by atoms with Crippen LogP contribution in [0.4, 0.5) is 20.4 Å². The number of rotatable bonds is 6. The molecular formula is C22H21F2N7O. The van der Waals surface area contributed by atoms with Gasteiger partial charge in [-0.2, -0.15) is 10.4 Å². The maximum atomic E-state index is 13.1. The van der Waals surface area contributed by atoms with E-state index in [1.54, 1.807) is 49.8 Å². The van der Waals surface area contributed by atoms with E-state index in [0.29, 0.717) is 22.9 Å². The average Bonchev–Trinajstić information content (AvgIpc) is 3.21. The van der Waals surface area contributed by atoms with Gasteiger partial charge in [0.2, 0.25) is 5.95 Å². The van der Waals surface area contributed by atoms with Crippen LogP contribution in [0.1, 0.15) is 41.7 Å². The Kier molecular flexibility index (Phi) is 5.57. The van der Waals surface area contributed by atoms with Crippen LogP contribution in [0.15, 0.2) is 42.9 Å². The van der Waals surface area contributed by atoms with E-state index in [2.05, 4.69) is 25.7 Å². The standard InChI is InChI=1S/C22H21F2N7O/c1-13-10-26-21(29-17-11-27-31(12-17)18-7-22(23,24)8-18)30-19(13)15-3-5-16(6-4-15)20(32)28-14(2)9-25/h3-6,10-12,14,18H,7-8H2,1-2H3,(H,28,32)(H,26,29,30)/t14-/m0/s1. The number of anilines is 2. The van der Waals surface area contributed by atoms with Gasteiger partial charge in [0.25, 0.3) is 11.8 Å². The number of carbonyl (C=O) groups excluding carboxylic acids is 1. The van der Waals surface area contributed by atoms with Gasteiger partial charge in [0, 0.05) is 36.4 Å². The summed E-state index contributed by atoms with van der Waals surface area (Å²) in [4.78, 5) is 21.0. The fraction of sp³-hybridized carbons (Fsp3) is 0.318. The zero-order valence-corrected chi connectivity index (χ0v) is 17.5. The Morgan fingerprint density at radius 2 is 2.00 bits per heavy atom.